The van der Waals surface area contributed by atoms with Gasteiger partial charge in [0, 0.05) is 0 Å². The van der Waals surface area contributed by atoms with E-state index in [2.05, 4.69) is 4.99 Å². The third-order valence-electron chi connectivity index (χ3n) is 0.971. The van der Waals surface area contributed by atoms with Gasteiger partial charge < -0.3 is 5.73 Å². The van der Waals surface area contributed by atoms with E-state index in [0.29, 0.717) is 0 Å². The van der Waals surface area contributed by atoms with Gasteiger partial charge in [-0.25, -0.2) is 0 Å². The van der Waals surface area contributed by atoms with Crippen molar-refractivity contribution in [2.24, 2.45) is 10.7 Å². The number of rotatable bonds is 0. The average molecular weight is 144 g/mol. The first-order chi connectivity index (χ1) is 4.20. The minimum absolute atomic E-state index is 0.726. The van der Waals surface area contributed by atoms with E-state index >= 15 is 0 Å². The molecule has 0 spiro atoms. The lowest BCUT2D eigenvalue weighted by Crippen LogP contribution is -2.10. The van der Waals surface area contributed by atoms with Gasteiger partial charge in [0.15, 0.2) is 0 Å². The summed E-state index contributed by atoms with van der Waals surface area (Å²) in [5, 5.41) is 1.01. The summed E-state index contributed by atoms with van der Waals surface area (Å²) in [4.78, 5) is 4.09. The molecular formula is C5H10N3S+. The van der Waals surface area contributed by atoms with Gasteiger partial charge >= 0.3 is 5.17 Å². The zero-order chi connectivity index (χ0) is 6.85. The Kier molecular flexibility index (Phi) is 1.75. The summed E-state index contributed by atoms with van der Waals surface area (Å²) >= 11 is 1.67. The van der Waals surface area contributed by atoms with Crippen LogP contribution in [0, 0.1) is 0 Å². The summed E-state index contributed by atoms with van der Waals surface area (Å²) < 4.78 is 1.96. The Bertz CT molecular complexity index is 179. The highest BCUT2D eigenvalue weighted by molar-refractivity contribution is 8.14. The van der Waals surface area contributed by atoms with Gasteiger partial charge in [0.2, 0.25) is 5.84 Å². The quantitative estimate of drug-likeness (QED) is 0.475. The van der Waals surface area contributed by atoms with E-state index in [4.69, 9.17) is 5.73 Å². The van der Waals surface area contributed by atoms with Crippen molar-refractivity contribution >= 4 is 22.8 Å². The maximum atomic E-state index is 5.44. The summed E-state index contributed by atoms with van der Waals surface area (Å²) in [7, 11) is 3.93. The second-order valence-electron chi connectivity index (χ2n) is 2.07. The second-order valence-corrected chi connectivity index (χ2v) is 3.01. The fraction of sp³-hybridized carbons (Fsp3) is 0.600. The Morgan fingerprint density at radius 2 is 2.33 bits per heavy atom. The first-order valence-corrected chi connectivity index (χ1v) is 3.69. The summed E-state index contributed by atoms with van der Waals surface area (Å²) in [6.45, 7) is 0. The van der Waals surface area contributed by atoms with Crippen LogP contribution in [0.3, 0.4) is 0 Å². The zero-order valence-electron chi connectivity index (χ0n) is 5.59. The first-order valence-electron chi connectivity index (χ1n) is 2.70. The number of nitrogens with zero attached hydrogens (tertiary/aromatic N) is 2. The molecule has 0 atom stereocenters. The van der Waals surface area contributed by atoms with Gasteiger partial charge in [-0.2, -0.15) is 0 Å². The van der Waals surface area contributed by atoms with Crippen LogP contribution in [0.4, 0.5) is 0 Å². The zero-order valence-corrected chi connectivity index (χ0v) is 6.40. The summed E-state index contributed by atoms with van der Waals surface area (Å²) in [6, 6.07) is 0. The lowest BCUT2D eigenvalue weighted by molar-refractivity contribution is -0.462. The maximum absolute atomic E-state index is 5.44. The fourth-order valence-corrected chi connectivity index (χ4v) is 1.34. The molecule has 1 aliphatic heterocycles. The maximum Gasteiger partial charge on any atom is 0.356 e. The summed E-state index contributed by atoms with van der Waals surface area (Å²) in [6.07, 6.45) is 0. The van der Waals surface area contributed by atoms with Crippen LogP contribution in [0.1, 0.15) is 0 Å². The van der Waals surface area contributed by atoms with Gasteiger partial charge in [-0.05, 0) is 16.8 Å². The van der Waals surface area contributed by atoms with Crippen LogP contribution in [0.25, 0.3) is 0 Å². The Morgan fingerprint density at radius 3 is 2.56 bits per heavy atom. The highest BCUT2D eigenvalue weighted by atomic mass is 32.2. The summed E-state index contributed by atoms with van der Waals surface area (Å²) in [5.74, 6) is 1.57. The summed E-state index contributed by atoms with van der Waals surface area (Å²) in [5.41, 5.74) is 5.44. The van der Waals surface area contributed by atoms with Gasteiger partial charge in [-0.1, -0.05) is 0 Å². The molecule has 0 aromatic rings. The number of hydrogen-bond acceptors (Lipinski definition) is 2. The van der Waals surface area contributed by atoms with Crippen molar-refractivity contribution < 1.29 is 4.58 Å². The van der Waals surface area contributed by atoms with Crippen molar-refractivity contribution in [3.8, 4) is 0 Å². The molecule has 9 heavy (non-hydrogen) atoms. The number of nitrogens with two attached hydrogens (primary N) is 1. The topological polar surface area (TPSA) is 41.4 Å². The standard InChI is InChI=1S/C5H9N3S/c1-8(2)5-7-4(6)3-9-5/h6H,3H2,1-2H3/p+1. The van der Waals surface area contributed by atoms with E-state index < -0.39 is 0 Å². The third kappa shape index (κ3) is 1.45. The molecule has 50 valence electrons. The van der Waals surface area contributed by atoms with Gasteiger partial charge in [0.1, 0.15) is 0 Å². The van der Waals surface area contributed by atoms with Crippen molar-refractivity contribution in [2.45, 2.75) is 0 Å². The smallest absolute Gasteiger partial charge is 0.356 e. The minimum atomic E-state index is 0.726. The SMILES string of the molecule is C[N+](C)=C1N=C(N)CS1. The Morgan fingerprint density at radius 1 is 1.67 bits per heavy atom. The van der Waals surface area contributed by atoms with Crippen LogP contribution in [-0.2, 0) is 0 Å². The molecule has 0 amide bonds. The molecule has 3 nitrogen and oxygen atoms in total. The molecule has 4 heteroatoms. The number of amidine groups is 2. The van der Waals surface area contributed by atoms with E-state index in [1.807, 2.05) is 18.7 Å². The Hall–Kier alpha value is -0.510. The van der Waals surface area contributed by atoms with Crippen molar-refractivity contribution in [3.63, 3.8) is 0 Å². The predicted octanol–water partition coefficient (Wildman–Crippen LogP) is -0.282. The number of hydrogen-bond donors (Lipinski definition) is 1. The first kappa shape index (κ1) is 6.61. The van der Waals surface area contributed by atoms with Gasteiger partial charge in [-0.3, -0.25) is 4.58 Å². The molecule has 2 N–H and O–H groups in total. The highest BCUT2D eigenvalue weighted by Crippen LogP contribution is 2.10. The van der Waals surface area contributed by atoms with Crippen molar-refractivity contribution in [3.05, 3.63) is 0 Å². The van der Waals surface area contributed by atoms with Crippen LogP contribution < -0.4 is 5.73 Å². The average Bonchev–Trinajstić information content (AvgIpc) is 2.14. The molecule has 0 bridgehead atoms. The largest absolute Gasteiger partial charge is 0.366 e. The predicted molar refractivity (Wildman–Crippen MR) is 41.2 cm³/mol. The molecule has 0 fully saturated rings. The molecule has 1 heterocycles. The fourth-order valence-electron chi connectivity index (χ4n) is 0.555. The van der Waals surface area contributed by atoms with E-state index in [1.165, 1.54) is 0 Å². The minimum Gasteiger partial charge on any atom is -0.366 e. The molecule has 0 aromatic heterocycles. The van der Waals surface area contributed by atoms with Crippen LogP contribution in [0.15, 0.2) is 4.99 Å². The van der Waals surface area contributed by atoms with Gasteiger partial charge in [0.05, 0.1) is 19.8 Å². The molecule has 1 rings (SSSR count). The normalized spacial score (nSPS) is 18.0. The third-order valence-corrected chi connectivity index (χ3v) is 2.13. The number of thioether (sulfide) groups is 1. The monoisotopic (exact) mass is 144 g/mol. The molecule has 0 aliphatic carbocycles. The van der Waals surface area contributed by atoms with Crippen molar-refractivity contribution in [1.29, 1.82) is 0 Å². The van der Waals surface area contributed by atoms with Gasteiger partial charge in [0.25, 0.3) is 0 Å². The lowest BCUT2D eigenvalue weighted by atomic mass is 10.7. The van der Waals surface area contributed by atoms with Crippen molar-refractivity contribution in [2.75, 3.05) is 19.8 Å². The highest BCUT2D eigenvalue weighted by Gasteiger charge is 2.19. The van der Waals surface area contributed by atoms with E-state index in [0.717, 1.165) is 16.8 Å². The van der Waals surface area contributed by atoms with E-state index in [-0.39, 0.29) is 0 Å². The van der Waals surface area contributed by atoms with Crippen LogP contribution >= 0.6 is 11.8 Å². The molecule has 0 unspecified atom stereocenters. The van der Waals surface area contributed by atoms with Crippen molar-refractivity contribution in [1.82, 2.24) is 0 Å². The van der Waals surface area contributed by atoms with Gasteiger partial charge in [-0.15, -0.1) is 0 Å². The van der Waals surface area contributed by atoms with Crippen LogP contribution in [-0.4, -0.2) is 35.4 Å². The second kappa shape index (κ2) is 2.39. The van der Waals surface area contributed by atoms with Crippen LogP contribution in [0.2, 0.25) is 0 Å². The molecule has 0 radical (unpaired) electrons. The lowest BCUT2D eigenvalue weighted by Gasteiger charge is -1.85. The molecule has 0 saturated heterocycles. The van der Waals surface area contributed by atoms with E-state index in [9.17, 15) is 0 Å². The number of aliphatic imine (C=N–C) groups is 1. The molecule has 0 aromatic carbocycles. The Labute approximate surface area is 58.7 Å². The molecular weight excluding hydrogens is 134 g/mol. The molecule has 1 aliphatic rings. The van der Waals surface area contributed by atoms with E-state index in [1.54, 1.807) is 11.8 Å². The van der Waals surface area contributed by atoms with Crippen LogP contribution in [0.5, 0.6) is 0 Å². The molecule has 0 saturated carbocycles. The Balaban J connectivity index is 2.80.